The van der Waals surface area contributed by atoms with Gasteiger partial charge in [0, 0.05) is 31.2 Å². The fourth-order valence-electron chi connectivity index (χ4n) is 3.85. The van der Waals surface area contributed by atoms with E-state index < -0.39 is 0 Å². The molecule has 1 atom stereocenters. The van der Waals surface area contributed by atoms with E-state index in [1.54, 1.807) is 27.3 Å². The van der Waals surface area contributed by atoms with E-state index >= 15 is 0 Å². The molecule has 2 aromatic heterocycles. The number of hydrogen-bond acceptors (Lipinski definition) is 4. The number of imidazole rings is 1. The first-order valence-electron chi connectivity index (χ1n) is 9.59. The average molecular weight is 409 g/mol. The highest BCUT2D eigenvalue weighted by atomic mass is 32.1. The van der Waals surface area contributed by atoms with Crippen LogP contribution in [0.15, 0.2) is 36.7 Å². The quantitative estimate of drug-likeness (QED) is 0.657. The van der Waals surface area contributed by atoms with E-state index in [1.165, 1.54) is 11.8 Å². The van der Waals surface area contributed by atoms with Gasteiger partial charge in [-0.2, -0.15) is 0 Å². The van der Waals surface area contributed by atoms with Crippen molar-refractivity contribution in [2.75, 3.05) is 7.05 Å². The van der Waals surface area contributed by atoms with E-state index in [2.05, 4.69) is 22.5 Å². The normalized spacial score (nSPS) is 15.6. The van der Waals surface area contributed by atoms with Gasteiger partial charge >= 0.3 is 0 Å². The summed E-state index contributed by atoms with van der Waals surface area (Å²) in [7, 11) is 1.81. The second-order valence-corrected chi connectivity index (χ2v) is 8.69. The molecule has 7 heteroatoms. The van der Waals surface area contributed by atoms with Gasteiger partial charge in [0.05, 0.1) is 30.4 Å². The molecule has 0 spiro atoms. The van der Waals surface area contributed by atoms with Crippen molar-refractivity contribution in [2.24, 2.45) is 0 Å². The van der Waals surface area contributed by atoms with Crippen LogP contribution in [0.5, 0.6) is 0 Å². The Hall–Kier alpha value is -2.93. The maximum absolute atomic E-state index is 13.1. The minimum atomic E-state index is -0.293. The highest BCUT2D eigenvalue weighted by molar-refractivity contribution is 7.17. The third kappa shape index (κ3) is 3.58. The van der Waals surface area contributed by atoms with Crippen LogP contribution < -0.4 is 0 Å². The average Bonchev–Trinajstić information content (AvgIpc) is 3.17. The molecule has 3 heterocycles. The Bertz CT molecular complexity index is 1130. The summed E-state index contributed by atoms with van der Waals surface area (Å²) in [6.45, 7) is 6.04. The molecule has 6 nitrogen and oxygen atoms in total. The first-order valence-corrected chi connectivity index (χ1v) is 10.4. The van der Waals surface area contributed by atoms with Crippen molar-refractivity contribution in [3.63, 3.8) is 0 Å². The predicted molar refractivity (Wildman–Crippen MR) is 114 cm³/mol. The Balaban J connectivity index is 1.56. The lowest BCUT2D eigenvalue weighted by Gasteiger charge is -2.33. The number of fused-ring (bicyclic) bond motifs is 2. The highest BCUT2D eigenvalue weighted by Crippen LogP contribution is 2.33. The van der Waals surface area contributed by atoms with Gasteiger partial charge in [-0.15, -0.1) is 11.3 Å². The SMILES string of the molecule is CC(=O)N1C=Cc2ccccc2C1CC(=O)N(C)Cc1c(C)nc2sc(C)cn12. The number of amides is 2. The van der Waals surface area contributed by atoms with Crippen LogP contribution in [0.1, 0.15) is 46.8 Å². The summed E-state index contributed by atoms with van der Waals surface area (Å²) in [6, 6.07) is 7.62. The molecule has 1 aromatic carbocycles. The lowest BCUT2D eigenvalue weighted by molar-refractivity contribution is -0.134. The van der Waals surface area contributed by atoms with Crippen molar-refractivity contribution < 1.29 is 9.59 Å². The molecular weight excluding hydrogens is 384 g/mol. The van der Waals surface area contributed by atoms with Crippen LogP contribution in [0.4, 0.5) is 0 Å². The maximum atomic E-state index is 13.1. The zero-order valence-corrected chi connectivity index (χ0v) is 17.9. The van der Waals surface area contributed by atoms with E-state index in [1.807, 2.05) is 44.3 Å². The number of thiazole rings is 1. The third-order valence-corrected chi connectivity index (χ3v) is 6.29. The van der Waals surface area contributed by atoms with Gasteiger partial charge in [-0.1, -0.05) is 24.3 Å². The fourth-order valence-corrected chi connectivity index (χ4v) is 4.74. The Kier molecular flexibility index (Phi) is 5.00. The zero-order valence-electron chi connectivity index (χ0n) is 17.0. The summed E-state index contributed by atoms with van der Waals surface area (Å²) >= 11 is 1.64. The molecule has 150 valence electrons. The van der Waals surface area contributed by atoms with E-state index in [-0.39, 0.29) is 24.3 Å². The monoisotopic (exact) mass is 408 g/mol. The number of hydrogen-bond donors (Lipinski definition) is 0. The van der Waals surface area contributed by atoms with Crippen molar-refractivity contribution in [3.8, 4) is 0 Å². The fraction of sp³-hybridized carbons (Fsp3) is 0.318. The number of rotatable bonds is 4. The molecule has 1 aliphatic rings. The van der Waals surface area contributed by atoms with Crippen LogP contribution in [0.3, 0.4) is 0 Å². The van der Waals surface area contributed by atoms with Gasteiger partial charge in [-0.3, -0.25) is 14.0 Å². The molecule has 0 N–H and O–H groups in total. The van der Waals surface area contributed by atoms with Gasteiger partial charge in [0.1, 0.15) is 0 Å². The molecule has 0 bridgehead atoms. The Labute approximate surface area is 174 Å². The summed E-state index contributed by atoms with van der Waals surface area (Å²) < 4.78 is 2.07. The van der Waals surface area contributed by atoms with E-state index in [4.69, 9.17) is 0 Å². The smallest absolute Gasteiger partial charge is 0.225 e. The minimum Gasteiger partial charge on any atom is -0.340 e. The molecule has 0 aliphatic carbocycles. The summed E-state index contributed by atoms with van der Waals surface area (Å²) in [5.41, 5.74) is 4.01. The Morgan fingerprint density at radius 1 is 1.24 bits per heavy atom. The maximum Gasteiger partial charge on any atom is 0.225 e. The zero-order chi connectivity index (χ0) is 20.7. The lowest BCUT2D eigenvalue weighted by atomic mass is 9.93. The first-order chi connectivity index (χ1) is 13.8. The molecule has 0 fully saturated rings. The van der Waals surface area contributed by atoms with Gasteiger partial charge in [0.15, 0.2) is 4.96 Å². The van der Waals surface area contributed by atoms with E-state index in [9.17, 15) is 9.59 Å². The van der Waals surface area contributed by atoms with Crippen LogP contribution in [0.25, 0.3) is 11.0 Å². The molecular formula is C22H24N4O2S. The largest absolute Gasteiger partial charge is 0.340 e. The van der Waals surface area contributed by atoms with Crippen molar-refractivity contribution in [1.29, 1.82) is 0 Å². The molecule has 2 amide bonds. The molecule has 0 radical (unpaired) electrons. The third-order valence-electron chi connectivity index (χ3n) is 5.39. The number of nitrogens with zero attached hydrogens (tertiary/aromatic N) is 4. The molecule has 1 unspecified atom stereocenters. The summed E-state index contributed by atoms with van der Waals surface area (Å²) in [5, 5.41) is 0. The number of carbonyl (C=O) groups is 2. The first kappa shape index (κ1) is 19.4. The van der Waals surface area contributed by atoms with Gasteiger partial charge in [0.2, 0.25) is 11.8 Å². The molecule has 0 saturated heterocycles. The Morgan fingerprint density at radius 2 is 2.00 bits per heavy atom. The molecule has 29 heavy (non-hydrogen) atoms. The van der Waals surface area contributed by atoms with Gasteiger partial charge in [-0.05, 0) is 31.1 Å². The Morgan fingerprint density at radius 3 is 2.76 bits per heavy atom. The van der Waals surface area contributed by atoms with Crippen molar-refractivity contribution in [3.05, 3.63) is 64.1 Å². The van der Waals surface area contributed by atoms with Gasteiger partial charge in [0.25, 0.3) is 0 Å². The summed E-state index contributed by atoms with van der Waals surface area (Å²) in [4.78, 5) is 35.4. The van der Waals surface area contributed by atoms with Crippen molar-refractivity contribution in [2.45, 2.75) is 39.8 Å². The van der Waals surface area contributed by atoms with Crippen LogP contribution in [-0.2, 0) is 16.1 Å². The van der Waals surface area contributed by atoms with Crippen LogP contribution in [-0.4, -0.2) is 38.0 Å². The highest BCUT2D eigenvalue weighted by Gasteiger charge is 2.29. The number of aromatic nitrogens is 2. The predicted octanol–water partition coefficient (Wildman–Crippen LogP) is 3.94. The van der Waals surface area contributed by atoms with Crippen molar-refractivity contribution in [1.82, 2.24) is 19.2 Å². The minimum absolute atomic E-state index is 0.00680. The molecule has 4 rings (SSSR count). The summed E-state index contributed by atoms with van der Waals surface area (Å²) in [6.07, 6.45) is 6.00. The number of carbonyl (C=O) groups excluding carboxylic acids is 2. The topological polar surface area (TPSA) is 57.9 Å². The van der Waals surface area contributed by atoms with Gasteiger partial charge < -0.3 is 9.80 Å². The lowest BCUT2D eigenvalue weighted by Crippen LogP contribution is -2.36. The van der Waals surface area contributed by atoms with Crippen molar-refractivity contribution >= 4 is 34.2 Å². The molecule has 3 aromatic rings. The second-order valence-electron chi connectivity index (χ2n) is 7.48. The summed E-state index contributed by atoms with van der Waals surface area (Å²) in [5.74, 6) is -0.0778. The van der Waals surface area contributed by atoms with Crippen LogP contribution in [0, 0.1) is 13.8 Å². The van der Waals surface area contributed by atoms with E-state index in [0.29, 0.717) is 6.54 Å². The van der Waals surface area contributed by atoms with E-state index in [0.717, 1.165) is 27.5 Å². The molecule has 1 aliphatic heterocycles. The number of benzene rings is 1. The number of aryl methyl sites for hydroxylation is 2. The molecule has 0 saturated carbocycles. The standard InChI is InChI=1S/C22H24N4O2S/c1-14-12-26-20(15(2)23-22(26)29-14)13-24(4)21(28)11-19-18-8-6-5-7-17(18)9-10-25(19)16(3)27/h5-10,12,19H,11,13H2,1-4H3. The van der Waals surface area contributed by atoms with Gasteiger partial charge in [-0.25, -0.2) is 4.98 Å². The van der Waals surface area contributed by atoms with Crippen LogP contribution in [0.2, 0.25) is 0 Å². The van der Waals surface area contributed by atoms with Crippen LogP contribution >= 0.6 is 11.3 Å². The second kappa shape index (κ2) is 7.48.